The van der Waals surface area contributed by atoms with E-state index in [9.17, 15) is 4.79 Å². The third-order valence-electron chi connectivity index (χ3n) is 3.00. The average molecular weight is 294 g/mol. The van der Waals surface area contributed by atoms with Crippen LogP contribution in [0, 0.1) is 0 Å². The largest absolute Gasteiger partial charge is 0.494 e. The predicted molar refractivity (Wildman–Crippen MR) is 82.5 cm³/mol. The fraction of sp³-hybridized carbons (Fsp3) is 0.118. The minimum atomic E-state index is -0.477. The molecule has 0 atom stereocenters. The van der Waals surface area contributed by atoms with Crippen molar-refractivity contribution >= 4 is 17.9 Å². The Morgan fingerprint density at radius 1 is 1.18 bits per heavy atom. The first-order valence-corrected chi connectivity index (χ1v) is 6.93. The van der Waals surface area contributed by atoms with Crippen molar-refractivity contribution in [3.63, 3.8) is 0 Å². The summed E-state index contributed by atoms with van der Waals surface area (Å²) in [6.45, 7) is 2.54. The molecule has 0 unspecified atom stereocenters. The van der Waals surface area contributed by atoms with Gasteiger partial charge in [-0.3, -0.25) is 4.98 Å². The summed E-state index contributed by atoms with van der Waals surface area (Å²) < 4.78 is 10.5. The van der Waals surface area contributed by atoms with Crippen LogP contribution in [0.2, 0.25) is 0 Å². The van der Waals surface area contributed by atoms with E-state index in [1.807, 2.05) is 37.3 Å². The summed E-state index contributed by atoms with van der Waals surface area (Å²) in [5.74, 6) is 0.536. The van der Waals surface area contributed by atoms with Gasteiger partial charge in [0, 0.05) is 6.20 Å². The molecule has 0 saturated carbocycles. The maximum Gasteiger partial charge on any atom is 0.363 e. The highest BCUT2D eigenvalue weighted by Crippen LogP contribution is 2.19. The summed E-state index contributed by atoms with van der Waals surface area (Å²) in [4.78, 5) is 20.2. The molecule has 0 N–H and O–H groups in total. The van der Waals surface area contributed by atoms with Crippen LogP contribution in [0.25, 0.3) is 6.08 Å². The molecular weight excluding hydrogens is 280 g/mol. The number of cyclic esters (lactones) is 1. The van der Waals surface area contributed by atoms with Gasteiger partial charge in [0.05, 0.1) is 6.61 Å². The van der Waals surface area contributed by atoms with Gasteiger partial charge in [0.2, 0.25) is 5.90 Å². The molecule has 2 aromatic rings. The zero-order valence-corrected chi connectivity index (χ0v) is 12.0. The van der Waals surface area contributed by atoms with Crippen molar-refractivity contribution in [3.8, 4) is 5.75 Å². The molecule has 1 aliphatic rings. The van der Waals surface area contributed by atoms with E-state index in [1.54, 1.807) is 24.4 Å². The standard InChI is InChI=1S/C17H14N2O3/c1-2-21-13-8-6-12(7-9-13)11-15-17(20)22-16(19-15)14-5-3-4-10-18-14/h3-11H,2H2,1H3/b15-11+. The summed E-state index contributed by atoms with van der Waals surface area (Å²) in [7, 11) is 0. The smallest absolute Gasteiger partial charge is 0.363 e. The number of nitrogens with zero attached hydrogens (tertiary/aromatic N) is 2. The topological polar surface area (TPSA) is 60.8 Å². The van der Waals surface area contributed by atoms with E-state index in [0.29, 0.717) is 12.3 Å². The van der Waals surface area contributed by atoms with E-state index < -0.39 is 5.97 Å². The number of hydrogen-bond donors (Lipinski definition) is 0. The van der Waals surface area contributed by atoms with Crippen molar-refractivity contribution in [1.82, 2.24) is 4.98 Å². The van der Waals surface area contributed by atoms with Crippen molar-refractivity contribution in [1.29, 1.82) is 0 Å². The van der Waals surface area contributed by atoms with Crippen molar-refractivity contribution in [2.75, 3.05) is 6.61 Å². The zero-order valence-electron chi connectivity index (χ0n) is 12.0. The normalized spacial score (nSPS) is 15.6. The summed E-state index contributed by atoms with van der Waals surface area (Å²) in [6.07, 6.45) is 3.30. The SMILES string of the molecule is CCOc1ccc(/C=C2/N=C(c3ccccn3)OC2=O)cc1. The number of pyridine rings is 1. The van der Waals surface area contributed by atoms with Gasteiger partial charge in [0.25, 0.3) is 0 Å². The molecule has 110 valence electrons. The number of hydrogen-bond acceptors (Lipinski definition) is 5. The lowest BCUT2D eigenvalue weighted by Gasteiger charge is -2.02. The molecule has 0 amide bonds. The number of aliphatic imine (C=N–C) groups is 1. The molecule has 1 aromatic heterocycles. The van der Waals surface area contributed by atoms with Gasteiger partial charge >= 0.3 is 5.97 Å². The molecule has 3 rings (SSSR count). The fourth-order valence-corrected chi connectivity index (χ4v) is 1.99. The number of esters is 1. The van der Waals surface area contributed by atoms with Crippen LogP contribution in [0.15, 0.2) is 59.4 Å². The zero-order chi connectivity index (χ0) is 15.4. The van der Waals surface area contributed by atoms with E-state index in [-0.39, 0.29) is 11.6 Å². The molecular formula is C17H14N2O3. The van der Waals surface area contributed by atoms with Crippen LogP contribution < -0.4 is 4.74 Å². The van der Waals surface area contributed by atoms with E-state index in [1.165, 1.54) is 0 Å². The Labute approximate surface area is 127 Å². The van der Waals surface area contributed by atoms with Crippen molar-refractivity contribution in [2.24, 2.45) is 4.99 Å². The van der Waals surface area contributed by atoms with E-state index in [0.717, 1.165) is 11.3 Å². The Balaban J connectivity index is 1.84. The Bertz CT molecular complexity index is 734. The second-order valence-corrected chi connectivity index (χ2v) is 4.55. The molecule has 22 heavy (non-hydrogen) atoms. The summed E-state index contributed by atoms with van der Waals surface area (Å²) >= 11 is 0. The molecule has 5 heteroatoms. The van der Waals surface area contributed by atoms with Crippen LogP contribution in [0.4, 0.5) is 0 Å². The molecule has 0 radical (unpaired) electrons. The molecule has 0 bridgehead atoms. The lowest BCUT2D eigenvalue weighted by atomic mass is 10.2. The summed E-state index contributed by atoms with van der Waals surface area (Å²) in [5, 5.41) is 0. The van der Waals surface area contributed by atoms with Crippen LogP contribution in [0.1, 0.15) is 18.2 Å². The van der Waals surface area contributed by atoms with E-state index in [4.69, 9.17) is 9.47 Å². The van der Waals surface area contributed by atoms with Gasteiger partial charge in [-0.05, 0) is 42.8 Å². The van der Waals surface area contributed by atoms with Gasteiger partial charge < -0.3 is 9.47 Å². The number of carbonyl (C=O) groups is 1. The Morgan fingerprint density at radius 2 is 2.00 bits per heavy atom. The van der Waals surface area contributed by atoms with Crippen LogP contribution >= 0.6 is 0 Å². The Hall–Kier alpha value is -2.95. The Kier molecular flexibility index (Phi) is 3.96. The fourth-order valence-electron chi connectivity index (χ4n) is 1.99. The van der Waals surface area contributed by atoms with Gasteiger partial charge in [-0.25, -0.2) is 9.79 Å². The van der Waals surface area contributed by atoms with Crippen LogP contribution in [-0.4, -0.2) is 23.5 Å². The number of benzene rings is 1. The maximum atomic E-state index is 11.9. The second kappa shape index (κ2) is 6.22. The maximum absolute atomic E-state index is 11.9. The van der Waals surface area contributed by atoms with Crippen LogP contribution in [-0.2, 0) is 9.53 Å². The first kappa shape index (κ1) is 14.0. The lowest BCUT2D eigenvalue weighted by molar-refractivity contribution is -0.129. The molecule has 0 fully saturated rings. The summed E-state index contributed by atoms with van der Waals surface area (Å²) in [5.41, 5.74) is 1.64. The predicted octanol–water partition coefficient (Wildman–Crippen LogP) is 2.82. The number of ether oxygens (including phenoxy) is 2. The highest BCUT2D eigenvalue weighted by Gasteiger charge is 2.24. The molecule has 5 nitrogen and oxygen atoms in total. The quantitative estimate of drug-likeness (QED) is 0.642. The van der Waals surface area contributed by atoms with Gasteiger partial charge in [0.15, 0.2) is 5.70 Å². The van der Waals surface area contributed by atoms with Crippen LogP contribution in [0.3, 0.4) is 0 Å². The first-order valence-electron chi connectivity index (χ1n) is 6.93. The number of rotatable bonds is 4. The monoisotopic (exact) mass is 294 g/mol. The third kappa shape index (κ3) is 3.03. The highest BCUT2D eigenvalue weighted by molar-refractivity contribution is 6.12. The van der Waals surface area contributed by atoms with Gasteiger partial charge in [-0.1, -0.05) is 18.2 Å². The van der Waals surface area contributed by atoms with Crippen molar-refractivity contribution < 1.29 is 14.3 Å². The molecule has 0 spiro atoms. The van der Waals surface area contributed by atoms with E-state index >= 15 is 0 Å². The minimum absolute atomic E-state index is 0.225. The molecule has 2 heterocycles. The van der Waals surface area contributed by atoms with Gasteiger partial charge in [-0.2, -0.15) is 0 Å². The Morgan fingerprint density at radius 3 is 2.68 bits per heavy atom. The van der Waals surface area contributed by atoms with Crippen molar-refractivity contribution in [2.45, 2.75) is 6.92 Å². The number of aromatic nitrogens is 1. The third-order valence-corrected chi connectivity index (χ3v) is 3.00. The van der Waals surface area contributed by atoms with Crippen molar-refractivity contribution in [3.05, 3.63) is 65.6 Å². The molecule has 0 saturated heterocycles. The second-order valence-electron chi connectivity index (χ2n) is 4.55. The van der Waals surface area contributed by atoms with E-state index in [2.05, 4.69) is 9.98 Å². The highest BCUT2D eigenvalue weighted by atomic mass is 16.6. The molecule has 1 aromatic carbocycles. The summed E-state index contributed by atoms with van der Waals surface area (Å²) in [6, 6.07) is 12.8. The molecule has 1 aliphatic heterocycles. The lowest BCUT2D eigenvalue weighted by Crippen LogP contribution is -2.06. The van der Waals surface area contributed by atoms with Crippen LogP contribution in [0.5, 0.6) is 5.75 Å². The first-order chi connectivity index (χ1) is 10.8. The number of carbonyl (C=O) groups excluding carboxylic acids is 1. The molecule has 0 aliphatic carbocycles. The average Bonchev–Trinajstić information content (AvgIpc) is 2.91. The minimum Gasteiger partial charge on any atom is -0.494 e. The van der Waals surface area contributed by atoms with Gasteiger partial charge in [-0.15, -0.1) is 0 Å². The van der Waals surface area contributed by atoms with Gasteiger partial charge in [0.1, 0.15) is 11.4 Å².